The number of amides is 3. The highest BCUT2D eigenvalue weighted by molar-refractivity contribution is 6.35. The van der Waals surface area contributed by atoms with E-state index in [2.05, 4.69) is 15.8 Å². The molecule has 5 rings (SSSR count). The van der Waals surface area contributed by atoms with Crippen molar-refractivity contribution in [1.29, 1.82) is 0 Å². The molecule has 4 bridgehead atoms. The topological polar surface area (TPSA) is 90.9 Å². The number of nitrogens with zero attached hydrogens (tertiary/aromatic N) is 2. The van der Waals surface area contributed by atoms with Gasteiger partial charge in [0.1, 0.15) is 0 Å². The molecule has 1 aliphatic heterocycles. The van der Waals surface area contributed by atoms with E-state index < -0.39 is 11.8 Å². The molecule has 27 heavy (non-hydrogen) atoms. The van der Waals surface area contributed by atoms with E-state index in [-0.39, 0.29) is 12.3 Å². The van der Waals surface area contributed by atoms with Gasteiger partial charge in [-0.1, -0.05) is 0 Å². The first-order chi connectivity index (χ1) is 13.0. The predicted molar refractivity (Wildman–Crippen MR) is 101 cm³/mol. The van der Waals surface area contributed by atoms with Crippen LogP contribution in [0.25, 0.3) is 0 Å². The molecule has 0 atom stereocenters. The number of rotatable bonds is 4. The molecule has 5 fully saturated rings. The van der Waals surface area contributed by atoms with Gasteiger partial charge in [-0.15, -0.1) is 0 Å². The molecule has 0 aromatic rings. The molecule has 4 saturated carbocycles. The number of likely N-dealkylation sites (tertiary alicyclic amines) is 1. The first-order valence-corrected chi connectivity index (χ1v) is 10.4. The summed E-state index contributed by atoms with van der Waals surface area (Å²) < 4.78 is 0. The van der Waals surface area contributed by atoms with Crippen LogP contribution in [0.3, 0.4) is 0 Å². The Morgan fingerprint density at radius 2 is 1.56 bits per heavy atom. The van der Waals surface area contributed by atoms with Gasteiger partial charge in [0, 0.05) is 24.8 Å². The smallest absolute Gasteiger partial charge is 0.329 e. The third-order valence-corrected chi connectivity index (χ3v) is 6.91. The lowest BCUT2D eigenvalue weighted by molar-refractivity contribution is -0.145. The standard InChI is InChI=1S/C20H30N4O3/c1-12(22-23-19(26)20(27)24-4-2-3-5-24)6-17(25)21-18-15-8-13-7-14(10-15)11-16(18)9-13/h13-16,18H,2-11H2,1H3,(H,21,25)(H,23,26). The van der Waals surface area contributed by atoms with Crippen molar-refractivity contribution in [3.05, 3.63) is 0 Å². The number of hydrazone groups is 1. The Balaban J connectivity index is 1.24. The van der Waals surface area contributed by atoms with Crippen molar-refractivity contribution < 1.29 is 14.4 Å². The van der Waals surface area contributed by atoms with E-state index in [0.717, 1.165) is 24.7 Å². The zero-order valence-corrected chi connectivity index (χ0v) is 16.1. The molecule has 148 valence electrons. The lowest BCUT2D eigenvalue weighted by Gasteiger charge is -2.54. The summed E-state index contributed by atoms with van der Waals surface area (Å²) in [5, 5.41) is 7.19. The SMILES string of the molecule is CC(CC(=O)NC1C2CC3CC(C2)CC1C3)=NNC(=O)C(=O)N1CCCC1. The van der Waals surface area contributed by atoms with E-state index >= 15 is 0 Å². The van der Waals surface area contributed by atoms with Gasteiger partial charge in [0.05, 0.1) is 6.42 Å². The van der Waals surface area contributed by atoms with Crippen LogP contribution in [0.1, 0.15) is 58.3 Å². The van der Waals surface area contributed by atoms with E-state index in [4.69, 9.17) is 0 Å². The Bertz CT molecular complexity index is 626. The number of hydrogen-bond donors (Lipinski definition) is 2. The lowest BCUT2D eigenvalue weighted by Crippen LogP contribution is -2.56. The Labute approximate surface area is 160 Å². The quantitative estimate of drug-likeness (QED) is 0.443. The summed E-state index contributed by atoms with van der Waals surface area (Å²) >= 11 is 0. The second kappa shape index (κ2) is 7.60. The molecular formula is C20H30N4O3. The fourth-order valence-corrected chi connectivity index (χ4v) is 5.93. The third kappa shape index (κ3) is 4.01. The van der Waals surface area contributed by atoms with Crippen LogP contribution in [0.2, 0.25) is 0 Å². The average Bonchev–Trinajstić information content (AvgIpc) is 3.16. The van der Waals surface area contributed by atoms with Crippen LogP contribution in [0.15, 0.2) is 5.10 Å². The molecule has 2 N–H and O–H groups in total. The van der Waals surface area contributed by atoms with Gasteiger partial charge >= 0.3 is 11.8 Å². The highest BCUT2D eigenvalue weighted by Crippen LogP contribution is 2.53. The molecule has 0 radical (unpaired) electrons. The summed E-state index contributed by atoms with van der Waals surface area (Å²) in [4.78, 5) is 37.8. The minimum Gasteiger partial charge on any atom is -0.352 e. The number of carbonyl (C=O) groups is 3. The maximum absolute atomic E-state index is 12.5. The Morgan fingerprint density at radius 3 is 2.15 bits per heavy atom. The second-order valence-corrected chi connectivity index (χ2v) is 8.99. The van der Waals surface area contributed by atoms with Crippen LogP contribution in [-0.4, -0.2) is 47.5 Å². The maximum Gasteiger partial charge on any atom is 0.329 e. The molecule has 0 aromatic carbocycles. The van der Waals surface area contributed by atoms with Crippen molar-refractivity contribution in [2.24, 2.45) is 28.8 Å². The molecule has 7 nitrogen and oxygen atoms in total. The van der Waals surface area contributed by atoms with Crippen LogP contribution in [0, 0.1) is 23.7 Å². The van der Waals surface area contributed by atoms with Gasteiger partial charge in [-0.25, -0.2) is 5.43 Å². The summed E-state index contributed by atoms with van der Waals surface area (Å²) in [6, 6.07) is 0.310. The monoisotopic (exact) mass is 374 g/mol. The zero-order chi connectivity index (χ0) is 19.0. The zero-order valence-electron chi connectivity index (χ0n) is 16.1. The molecular weight excluding hydrogens is 344 g/mol. The van der Waals surface area contributed by atoms with Gasteiger partial charge in [0.25, 0.3) is 0 Å². The summed E-state index contributed by atoms with van der Waals surface area (Å²) in [5.74, 6) is 1.74. The first kappa shape index (κ1) is 18.4. The van der Waals surface area contributed by atoms with E-state index in [1.165, 1.54) is 32.1 Å². The summed E-state index contributed by atoms with van der Waals surface area (Å²) in [6.07, 6.45) is 8.48. The van der Waals surface area contributed by atoms with Crippen molar-refractivity contribution in [3.63, 3.8) is 0 Å². The Kier molecular flexibility index (Phi) is 5.19. The molecule has 0 unspecified atom stereocenters. The molecule has 4 aliphatic carbocycles. The molecule has 0 aromatic heterocycles. The van der Waals surface area contributed by atoms with Gasteiger partial charge in [0.15, 0.2) is 0 Å². The van der Waals surface area contributed by atoms with Crippen LogP contribution < -0.4 is 10.7 Å². The molecule has 5 aliphatic rings. The van der Waals surface area contributed by atoms with Gasteiger partial charge in [-0.3, -0.25) is 14.4 Å². The minimum absolute atomic E-state index is 0.0335. The van der Waals surface area contributed by atoms with Gasteiger partial charge < -0.3 is 10.2 Å². The van der Waals surface area contributed by atoms with Gasteiger partial charge in [-0.05, 0) is 75.5 Å². The average molecular weight is 374 g/mol. The van der Waals surface area contributed by atoms with E-state index in [1.54, 1.807) is 11.8 Å². The Hall–Kier alpha value is -1.92. The minimum atomic E-state index is -0.724. The summed E-state index contributed by atoms with van der Waals surface area (Å²) in [6.45, 7) is 2.96. The van der Waals surface area contributed by atoms with Gasteiger partial charge in [-0.2, -0.15) is 5.10 Å². The third-order valence-electron chi connectivity index (χ3n) is 6.91. The van der Waals surface area contributed by atoms with Crippen molar-refractivity contribution >= 4 is 23.4 Å². The van der Waals surface area contributed by atoms with Crippen LogP contribution in [0.4, 0.5) is 0 Å². The number of nitrogens with one attached hydrogen (secondary N) is 2. The van der Waals surface area contributed by atoms with E-state index in [0.29, 0.717) is 36.7 Å². The van der Waals surface area contributed by atoms with Crippen LogP contribution in [0.5, 0.6) is 0 Å². The summed E-state index contributed by atoms with van der Waals surface area (Å²) in [5.41, 5.74) is 2.81. The van der Waals surface area contributed by atoms with Gasteiger partial charge in [0.2, 0.25) is 5.91 Å². The molecule has 1 saturated heterocycles. The highest BCUT2D eigenvalue weighted by atomic mass is 16.2. The van der Waals surface area contributed by atoms with Crippen molar-refractivity contribution in [2.45, 2.75) is 64.3 Å². The lowest BCUT2D eigenvalue weighted by atomic mass is 9.54. The van der Waals surface area contributed by atoms with Crippen molar-refractivity contribution in [2.75, 3.05) is 13.1 Å². The molecule has 0 spiro atoms. The molecule has 3 amide bonds. The predicted octanol–water partition coefficient (Wildman–Crippen LogP) is 1.43. The van der Waals surface area contributed by atoms with Crippen LogP contribution in [-0.2, 0) is 14.4 Å². The fraction of sp³-hybridized carbons (Fsp3) is 0.800. The summed E-state index contributed by atoms with van der Waals surface area (Å²) in [7, 11) is 0. The fourth-order valence-electron chi connectivity index (χ4n) is 5.93. The second-order valence-electron chi connectivity index (χ2n) is 8.99. The normalized spacial score (nSPS) is 34.6. The van der Waals surface area contributed by atoms with Crippen molar-refractivity contribution in [1.82, 2.24) is 15.6 Å². The number of carbonyl (C=O) groups excluding carboxylic acids is 3. The van der Waals surface area contributed by atoms with Crippen LogP contribution >= 0.6 is 0 Å². The highest BCUT2D eigenvalue weighted by Gasteiger charge is 2.48. The molecule has 1 heterocycles. The molecule has 7 heteroatoms. The number of hydrogen-bond acceptors (Lipinski definition) is 4. The van der Waals surface area contributed by atoms with E-state index in [9.17, 15) is 14.4 Å². The first-order valence-electron chi connectivity index (χ1n) is 10.4. The largest absolute Gasteiger partial charge is 0.352 e. The van der Waals surface area contributed by atoms with Crippen molar-refractivity contribution in [3.8, 4) is 0 Å². The van der Waals surface area contributed by atoms with E-state index in [1.807, 2.05) is 0 Å². The maximum atomic E-state index is 12.5. The Morgan fingerprint density at radius 1 is 0.963 bits per heavy atom.